The molecule has 0 unspecified atom stereocenters. The van der Waals surface area contributed by atoms with E-state index in [1.165, 1.54) is 58.2 Å². The molecule has 0 N–H and O–H groups in total. The molecule has 2 aromatic heterocycles. The van der Waals surface area contributed by atoms with Crippen molar-refractivity contribution in [1.82, 2.24) is 30.0 Å². The first-order valence-corrected chi connectivity index (χ1v) is 19.6. The van der Waals surface area contributed by atoms with Crippen molar-refractivity contribution >= 4 is 29.5 Å². The molecule has 2 fully saturated rings. The van der Waals surface area contributed by atoms with E-state index in [0.29, 0.717) is 44.8 Å². The van der Waals surface area contributed by atoms with Crippen LogP contribution in [-0.2, 0) is 36.3 Å². The van der Waals surface area contributed by atoms with Gasteiger partial charge in [-0.2, -0.15) is 5.11 Å². The molecule has 2 saturated heterocycles. The van der Waals surface area contributed by atoms with Crippen molar-refractivity contribution in [2.24, 2.45) is 10.1 Å². The molecule has 16 heteroatoms. The summed E-state index contributed by atoms with van der Waals surface area (Å²) in [7, 11) is 1.04. The van der Waals surface area contributed by atoms with Gasteiger partial charge in [0.1, 0.15) is 24.5 Å². The van der Waals surface area contributed by atoms with Crippen LogP contribution in [0.5, 0.6) is 0 Å². The summed E-state index contributed by atoms with van der Waals surface area (Å²) in [6, 6.07) is 7.84. The minimum absolute atomic E-state index is 0.319. The first-order chi connectivity index (χ1) is 23.7. The Hall–Kier alpha value is -3.21. The number of quaternary nitrogens is 2. The molecule has 0 bridgehead atoms. The van der Waals surface area contributed by atoms with Gasteiger partial charge in [-0.1, -0.05) is 23.8 Å². The third-order valence-corrected chi connectivity index (χ3v) is 11.1. The van der Waals surface area contributed by atoms with Gasteiger partial charge in [-0.15, -0.1) is 10.2 Å². The van der Waals surface area contributed by atoms with Crippen molar-refractivity contribution in [1.29, 1.82) is 0 Å². The van der Waals surface area contributed by atoms with Crippen molar-refractivity contribution in [2.75, 3.05) is 63.0 Å². The second-order valence-corrected chi connectivity index (χ2v) is 15.6. The van der Waals surface area contributed by atoms with Crippen LogP contribution in [0, 0.1) is 0 Å². The van der Waals surface area contributed by atoms with Crippen LogP contribution in [0.1, 0.15) is 76.1 Å². The zero-order valence-corrected chi connectivity index (χ0v) is 30.0. The highest BCUT2D eigenvalue weighted by atomic mass is 32.2. The van der Waals surface area contributed by atoms with Crippen molar-refractivity contribution in [3.05, 3.63) is 48.0 Å². The number of rotatable bonds is 19. The smallest absolute Gasteiger partial charge is 0.293 e. The van der Waals surface area contributed by atoms with Gasteiger partial charge in [0, 0.05) is 31.0 Å². The third kappa shape index (κ3) is 11.4. The van der Waals surface area contributed by atoms with Gasteiger partial charge in [0.15, 0.2) is 0 Å². The van der Waals surface area contributed by atoms with Gasteiger partial charge in [-0.25, -0.2) is 8.42 Å². The van der Waals surface area contributed by atoms with E-state index in [0.717, 1.165) is 65.1 Å². The van der Waals surface area contributed by atoms with Crippen LogP contribution in [0.2, 0.25) is 0 Å². The Kier molecular flexibility index (Phi) is 13.3. The van der Waals surface area contributed by atoms with Crippen molar-refractivity contribution in [2.45, 2.75) is 90.9 Å². The van der Waals surface area contributed by atoms with E-state index in [-0.39, 0.29) is 5.75 Å². The molecule has 5 rings (SSSR count). The number of unbranched alkanes of at least 4 members (excludes halogenated alkanes) is 1. The second kappa shape index (κ2) is 17.6. The molecule has 0 amide bonds. The normalized spacial score (nSPS) is 17.8. The first-order valence-electron chi connectivity index (χ1n) is 18.1. The lowest BCUT2D eigenvalue weighted by Gasteiger charge is -2.41. The summed E-state index contributed by atoms with van der Waals surface area (Å²) in [6.45, 7) is 12.9. The number of hydrogen-bond acceptors (Lipinski definition) is 10. The summed E-state index contributed by atoms with van der Waals surface area (Å²) >= 11 is 0. The maximum atomic E-state index is 11.2. The van der Waals surface area contributed by atoms with E-state index >= 15 is 0 Å². The predicted octanol–water partition coefficient (Wildman–Crippen LogP) is 3.98. The fourth-order valence-corrected chi connectivity index (χ4v) is 8.18. The van der Waals surface area contributed by atoms with Gasteiger partial charge < -0.3 is 18.4 Å². The lowest BCUT2D eigenvalue weighted by Crippen LogP contribution is -2.51. The topological polar surface area (TPSA) is 147 Å². The Balaban J connectivity index is 1.23. The average molecular weight is 695 g/mol. The van der Waals surface area contributed by atoms with E-state index in [1.54, 1.807) is 0 Å². The molecule has 1 aromatic carbocycles. The molecule has 49 heavy (non-hydrogen) atoms. The first kappa shape index (κ1) is 37.1. The lowest BCUT2D eigenvalue weighted by molar-refractivity contribution is -0.945. The summed E-state index contributed by atoms with van der Waals surface area (Å²) in [5, 5.41) is 25.4. The molecule has 14 nitrogen and oxygen atoms in total. The number of benzene rings is 1. The summed E-state index contributed by atoms with van der Waals surface area (Å²) in [5.41, 5.74) is 3.69. The monoisotopic (exact) mass is 694 g/mol. The van der Waals surface area contributed by atoms with Crippen molar-refractivity contribution in [3.8, 4) is 0 Å². The maximum Gasteiger partial charge on any atom is 0.293 e. The Labute approximate surface area is 292 Å². The second-order valence-electron chi connectivity index (χ2n) is 14.1. The van der Waals surface area contributed by atoms with Gasteiger partial charge in [0.25, 0.3) is 7.98 Å². The van der Waals surface area contributed by atoms with Crippen LogP contribution in [0.25, 0.3) is 0 Å². The largest absolute Gasteiger partial charge is 0.748 e. The minimum atomic E-state index is -4.22. The molecular weight excluding hydrogens is 641 g/mol. The third-order valence-electron chi connectivity index (χ3n) is 10.3. The zero-order chi connectivity index (χ0) is 34.6. The number of aromatic nitrogens is 6. The van der Waals surface area contributed by atoms with E-state index in [2.05, 4.69) is 48.8 Å². The highest BCUT2D eigenvalue weighted by molar-refractivity contribution is 7.85. The van der Waals surface area contributed by atoms with Gasteiger partial charge in [0.05, 0.1) is 80.6 Å². The van der Waals surface area contributed by atoms with Crippen LogP contribution in [0.4, 0.5) is 11.4 Å². The highest BCUT2D eigenvalue weighted by Gasteiger charge is 2.32. The highest BCUT2D eigenvalue weighted by Crippen LogP contribution is 2.25. The maximum absolute atomic E-state index is 11.2. The molecule has 266 valence electrons. The van der Waals surface area contributed by atoms with E-state index in [1.807, 2.05) is 39.8 Å². The molecule has 2 radical (unpaired) electrons. The Morgan fingerprint density at radius 3 is 1.80 bits per heavy atom. The van der Waals surface area contributed by atoms with Crippen molar-refractivity contribution < 1.29 is 21.9 Å². The predicted molar refractivity (Wildman–Crippen MR) is 188 cm³/mol. The molecule has 3 aromatic rings. The summed E-state index contributed by atoms with van der Waals surface area (Å²) in [4.78, 5) is 2.30. The SMILES string of the molecule is [B]N=Nc1ccc(N(CCn2cc(C[N+]3(CCCC)CCCCC3)nn2)CCn2cc(C[N+]3(CCCS(=O)(=O)[O-])CCCCC3)nn2)cc1. The van der Waals surface area contributed by atoms with Gasteiger partial charge >= 0.3 is 0 Å². The number of hydrogen-bond donors (Lipinski definition) is 0. The number of nitrogens with zero attached hydrogens (tertiary/aromatic N) is 11. The average Bonchev–Trinajstić information content (AvgIpc) is 3.73. The molecule has 2 aliphatic rings. The fourth-order valence-electron chi connectivity index (χ4n) is 7.70. The van der Waals surface area contributed by atoms with Gasteiger partial charge in [0.2, 0.25) is 0 Å². The quantitative estimate of drug-likeness (QED) is 0.0793. The van der Waals surface area contributed by atoms with Gasteiger partial charge in [-0.05, 0) is 69.2 Å². The van der Waals surface area contributed by atoms with Crippen LogP contribution in [0.3, 0.4) is 0 Å². The standard InChI is InChI=1S/C33H53BN11O3S/c1-2-3-19-44(20-6-4-7-21-44)28-31-26-42(39-36-31)17-15-41(33-13-11-30(12-14-33)35-38-34)16-18-43-27-32(37-40-43)29-45(22-8-5-9-23-45)24-10-25-49(46,47)48/h11-14,26-27H,2-10,15-25,28-29H2,1H3/q+1. The summed E-state index contributed by atoms with van der Waals surface area (Å²) in [5.74, 6) is -0.319. The lowest BCUT2D eigenvalue weighted by atomic mass is 10.1. The Morgan fingerprint density at radius 2 is 1.33 bits per heavy atom. The summed E-state index contributed by atoms with van der Waals surface area (Å²) < 4.78 is 39.5. The molecular formula is C33H53BN11O3S+. The van der Waals surface area contributed by atoms with Crippen LogP contribution in [0.15, 0.2) is 46.8 Å². The molecule has 0 atom stereocenters. The van der Waals surface area contributed by atoms with E-state index in [9.17, 15) is 13.0 Å². The van der Waals surface area contributed by atoms with Crippen LogP contribution >= 0.6 is 0 Å². The molecule has 0 saturated carbocycles. The van der Waals surface area contributed by atoms with E-state index < -0.39 is 10.1 Å². The number of piperidine rings is 2. The Bertz CT molecular complexity index is 1570. The fraction of sp³-hybridized carbons (Fsp3) is 0.697. The molecule has 0 aliphatic carbocycles. The number of anilines is 1. The molecule has 0 spiro atoms. The van der Waals surface area contributed by atoms with Crippen LogP contribution in [-0.4, -0.2) is 118 Å². The molecule has 2 aliphatic heterocycles. The summed E-state index contributed by atoms with van der Waals surface area (Å²) in [6.07, 6.45) is 14.2. The van der Waals surface area contributed by atoms with Crippen LogP contribution < -0.4 is 4.90 Å². The van der Waals surface area contributed by atoms with Crippen molar-refractivity contribution in [3.63, 3.8) is 0 Å². The zero-order valence-electron chi connectivity index (χ0n) is 29.2. The van der Waals surface area contributed by atoms with E-state index in [4.69, 9.17) is 7.98 Å². The Morgan fingerprint density at radius 1 is 0.816 bits per heavy atom. The van der Waals surface area contributed by atoms with Gasteiger partial charge in [-0.3, -0.25) is 14.4 Å². The number of likely N-dealkylation sites (tertiary alicyclic amines) is 2. The molecule has 4 heterocycles. The minimum Gasteiger partial charge on any atom is -0.748 e.